The molecule has 78 valence electrons. The van der Waals surface area contributed by atoms with Crippen LogP contribution >= 0.6 is 0 Å². The van der Waals surface area contributed by atoms with Crippen LogP contribution in [0.4, 0.5) is 5.69 Å². The molecular formula is C12H10N2Pd. The summed E-state index contributed by atoms with van der Waals surface area (Å²) in [4.78, 5) is 0. The van der Waals surface area contributed by atoms with Crippen LogP contribution in [0, 0.1) is 6.07 Å². The van der Waals surface area contributed by atoms with Crippen molar-refractivity contribution in [2.45, 2.75) is 0 Å². The smallest absolute Gasteiger partial charge is 0.706 e. The van der Waals surface area contributed by atoms with E-state index < -0.39 is 0 Å². The number of hydrogen-bond donors (Lipinski definition) is 0. The predicted octanol–water partition coefficient (Wildman–Crippen LogP) is 3.82. The summed E-state index contributed by atoms with van der Waals surface area (Å²) in [7, 11) is 0. The van der Waals surface area contributed by atoms with Gasteiger partial charge in [-0.3, -0.25) is 0 Å². The molecule has 3 heteroatoms. The SMILES string of the molecule is [N-]=Nc1ccccc1.[Pd+2].[c-]1ccccc1. The summed E-state index contributed by atoms with van der Waals surface area (Å²) in [6.07, 6.45) is 0. The van der Waals surface area contributed by atoms with Crippen molar-refractivity contribution in [3.8, 4) is 0 Å². The number of benzene rings is 2. The standard InChI is InChI=1S/C6H5N2.C6H5.Pd/c7-8-6-4-2-1-3-5-6;1-2-4-6-5-3-1;/h1-5H;1-5H;/q2*-1;+2. The monoisotopic (exact) mass is 288 g/mol. The zero-order chi connectivity index (χ0) is 10.1. The molecule has 0 spiro atoms. The molecule has 2 rings (SSSR count). The molecule has 0 aliphatic rings. The maximum atomic E-state index is 8.16. The first kappa shape index (κ1) is 13.7. The van der Waals surface area contributed by atoms with Crippen LogP contribution in [0.25, 0.3) is 5.53 Å². The molecular weight excluding hydrogens is 279 g/mol. The molecule has 0 aromatic heterocycles. The molecule has 0 N–H and O–H groups in total. The van der Waals surface area contributed by atoms with Gasteiger partial charge in [0.2, 0.25) is 0 Å². The number of nitrogens with zero attached hydrogens (tertiary/aromatic N) is 2. The van der Waals surface area contributed by atoms with E-state index in [1.54, 1.807) is 12.1 Å². The predicted molar refractivity (Wildman–Crippen MR) is 57.2 cm³/mol. The van der Waals surface area contributed by atoms with Gasteiger partial charge in [0.1, 0.15) is 0 Å². The Morgan fingerprint density at radius 3 is 1.67 bits per heavy atom. The molecule has 2 aromatic carbocycles. The minimum absolute atomic E-state index is 0. The topological polar surface area (TPSA) is 34.7 Å². The third-order valence-electron chi connectivity index (χ3n) is 1.48. The van der Waals surface area contributed by atoms with E-state index in [9.17, 15) is 0 Å². The van der Waals surface area contributed by atoms with Crippen molar-refractivity contribution in [2.75, 3.05) is 0 Å². The Morgan fingerprint density at radius 1 is 0.867 bits per heavy atom. The first-order valence-corrected chi connectivity index (χ1v) is 4.24. The zero-order valence-corrected chi connectivity index (χ0v) is 9.54. The van der Waals surface area contributed by atoms with E-state index in [4.69, 9.17) is 5.53 Å². The van der Waals surface area contributed by atoms with Crippen LogP contribution in [-0.2, 0) is 20.4 Å². The average molecular weight is 289 g/mol. The molecule has 0 saturated carbocycles. The van der Waals surface area contributed by atoms with Gasteiger partial charge in [0.15, 0.2) is 0 Å². The fourth-order valence-electron chi connectivity index (χ4n) is 0.837. The molecule has 2 nitrogen and oxygen atoms in total. The van der Waals surface area contributed by atoms with E-state index in [-0.39, 0.29) is 20.4 Å². The van der Waals surface area contributed by atoms with Gasteiger partial charge in [-0.25, -0.2) is 0 Å². The molecule has 0 aliphatic carbocycles. The minimum Gasteiger partial charge on any atom is -0.706 e. The Kier molecular flexibility index (Phi) is 8.46. The summed E-state index contributed by atoms with van der Waals surface area (Å²) in [5, 5.41) is 2.97. The van der Waals surface area contributed by atoms with Gasteiger partial charge in [-0.05, 0) is 12.1 Å². The normalized spacial score (nSPS) is 7.73. The third kappa shape index (κ3) is 6.73. The van der Waals surface area contributed by atoms with Crippen LogP contribution in [0.15, 0.2) is 65.8 Å². The van der Waals surface area contributed by atoms with Crippen LogP contribution in [0.1, 0.15) is 0 Å². The second-order valence-electron chi connectivity index (χ2n) is 2.51. The van der Waals surface area contributed by atoms with Gasteiger partial charge in [0.25, 0.3) is 0 Å². The molecule has 0 saturated heterocycles. The molecule has 0 fully saturated rings. The van der Waals surface area contributed by atoms with Crippen molar-refractivity contribution in [3.63, 3.8) is 0 Å². The van der Waals surface area contributed by atoms with Gasteiger partial charge < -0.3 is 10.6 Å². The molecule has 0 radical (unpaired) electrons. The Balaban J connectivity index is 0.000000253. The van der Waals surface area contributed by atoms with Crippen LogP contribution in [-0.4, -0.2) is 0 Å². The summed E-state index contributed by atoms with van der Waals surface area (Å²) in [5.74, 6) is 0. The largest absolute Gasteiger partial charge is 2.00 e. The van der Waals surface area contributed by atoms with Crippen LogP contribution in [0.2, 0.25) is 0 Å². The molecule has 0 amide bonds. The van der Waals surface area contributed by atoms with Gasteiger partial charge in [-0.2, -0.15) is 36.4 Å². The molecule has 0 aliphatic heterocycles. The summed E-state index contributed by atoms with van der Waals surface area (Å²) < 4.78 is 0. The Labute approximate surface area is 104 Å². The van der Waals surface area contributed by atoms with Gasteiger partial charge >= 0.3 is 20.4 Å². The van der Waals surface area contributed by atoms with Crippen molar-refractivity contribution in [1.29, 1.82) is 0 Å². The average Bonchev–Trinajstić information content (AvgIpc) is 2.33. The second kappa shape index (κ2) is 9.26. The quantitative estimate of drug-likeness (QED) is 0.434. The third-order valence-corrected chi connectivity index (χ3v) is 1.48. The molecule has 2 aromatic rings. The first-order chi connectivity index (χ1) is 6.93. The van der Waals surface area contributed by atoms with Crippen LogP contribution in [0.5, 0.6) is 0 Å². The molecule has 0 heterocycles. The van der Waals surface area contributed by atoms with Gasteiger partial charge in [0.05, 0.1) is 0 Å². The molecule has 0 atom stereocenters. The van der Waals surface area contributed by atoms with Crippen molar-refractivity contribution in [1.82, 2.24) is 0 Å². The van der Waals surface area contributed by atoms with E-state index in [0.29, 0.717) is 5.69 Å². The van der Waals surface area contributed by atoms with Gasteiger partial charge in [-0.1, -0.05) is 18.2 Å². The van der Waals surface area contributed by atoms with Crippen molar-refractivity contribution >= 4 is 5.69 Å². The maximum absolute atomic E-state index is 8.16. The zero-order valence-electron chi connectivity index (χ0n) is 7.98. The van der Waals surface area contributed by atoms with E-state index in [0.717, 1.165) is 0 Å². The number of rotatable bonds is 1. The van der Waals surface area contributed by atoms with E-state index in [1.165, 1.54) is 0 Å². The van der Waals surface area contributed by atoms with Crippen LogP contribution in [0.3, 0.4) is 0 Å². The van der Waals surface area contributed by atoms with E-state index in [2.05, 4.69) is 11.2 Å². The maximum Gasteiger partial charge on any atom is 2.00 e. The summed E-state index contributed by atoms with van der Waals surface area (Å²) >= 11 is 0. The van der Waals surface area contributed by atoms with E-state index >= 15 is 0 Å². The fraction of sp³-hybridized carbons (Fsp3) is 0. The Hall–Kier alpha value is -1.30. The Bertz CT molecular complexity index is 322. The molecule has 15 heavy (non-hydrogen) atoms. The summed E-state index contributed by atoms with van der Waals surface area (Å²) in [5.41, 5.74) is 8.75. The number of hydrogen-bond acceptors (Lipinski definition) is 1. The summed E-state index contributed by atoms with van der Waals surface area (Å²) in [6.45, 7) is 0. The molecule has 0 bridgehead atoms. The fourth-order valence-corrected chi connectivity index (χ4v) is 0.837. The van der Waals surface area contributed by atoms with Crippen molar-refractivity contribution in [2.24, 2.45) is 5.11 Å². The Morgan fingerprint density at radius 2 is 1.40 bits per heavy atom. The van der Waals surface area contributed by atoms with Crippen molar-refractivity contribution in [3.05, 3.63) is 72.3 Å². The second-order valence-corrected chi connectivity index (χ2v) is 2.51. The molecule has 0 unspecified atom stereocenters. The van der Waals surface area contributed by atoms with Gasteiger partial charge in [0, 0.05) is 5.69 Å². The van der Waals surface area contributed by atoms with Crippen molar-refractivity contribution < 1.29 is 20.4 Å². The summed E-state index contributed by atoms with van der Waals surface area (Å²) in [6, 6.07) is 21.4. The van der Waals surface area contributed by atoms with E-state index in [1.807, 2.05) is 48.5 Å². The van der Waals surface area contributed by atoms with Gasteiger partial charge in [-0.15, -0.1) is 0 Å². The van der Waals surface area contributed by atoms with Crippen LogP contribution < -0.4 is 0 Å². The minimum atomic E-state index is 0. The first-order valence-electron chi connectivity index (χ1n) is 4.24.